The number of fused-ring (bicyclic) bond motifs is 1. The third kappa shape index (κ3) is 11.6. The minimum atomic E-state index is -3.57. The number of anilines is 1. The molecule has 2 atom stereocenters. The number of hydrogen-bond acceptors (Lipinski definition) is 10. The molecule has 1 aliphatic heterocycles. The summed E-state index contributed by atoms with van der Waals surface area (Å²) in [6.07, 6.45) is 1.90. The average molecular weight is 631 g/mol. The number of sulfonamides is 1. The van der Waals surface area contributed by atoms with E-state index in [1.54, 1.807) is 6.07 Å². The molecule has 1 heterocycles. The highest BCUT2D eigenvalue weighted by atomic mass is 32.2. The smallest absolute Gasteiger partial charge is 0.229 e. The van der Waals surface area contributed by atoms with Gasteiger partial charge in [-0.25, -0.2) is 8.42 Å². The zero-order valence-electron chi connectivity index (χ0n) is 24.9. The van der Waals surface area contributed by atoms with Crippen molar-refractivity contribution in [3.63, 3.8) is 0 Å². The van der Waals surface area contributed by atoms with E-state index in [-0.39, 0.29) is 37.2 Å². The lowest BCUT2D eigenvalue weighted by atomic mass is 9.97. The molecule has 240 valence electrons. The van der Waals surface area contributed by atoms with Gasteiger partial charge in [-0.3, -0.25) is 4.72 Å². The third-order valence-corrected chi connectivity index (χ3v) is 7.39. The Balaban J connectivity index is 1.48. The van der Waals surface area contributed by atoms with Crippen molar-refractivity contribution >= 4 is 15.7 Å². The van der Waals surface area contributed by atoms with Crippen molar-refractivity contribution in [3.8, 4) is 17.2 Å². The standard InChI is InChI=1S/C32H42N2O9S/c1-44(37,38)34-29-20-25(8-10-30(29)36)18-27(35)22-33-28(19-24-6-3-2-4-7-24)26-9-11-31-32(21-26)43-16-14-39-12-5-13-40-23-41-15-17-42-31/h2-4,6-11,20-21,27-28,33-36H,5,12-19,22-23H2,1H3/t27-,28?/m0/s1. The zero-order chi connectivity index (χ0) is 31.2. The van der Waals surface area contributed by atoms with E-state index in [1.165, 1.54) is 12.1 Å². The zero-order valence-corrected chi connectivity index (χ0v) is 25.8. The molecule has 1 aliphatic rings. The van der Waals surface area contributed by atoms with Gasteiger partial charge in [-0.15, -0.1) is 0 Å². The van der Waals surface area contributed by atoms with E-state index in [0.29, 0.717) is 63.1 Å². The highest BCUT2D eigenvalue weighted by Crippen LogP contribution is 2.32. The van der Waals surface area contributed by atoms with E-state index in [2.05, 4.69) is 22.2 Å². The minimum absolute atomic E-state index is 0.0694. The Morgan fingerprint density at radius 1 is 0.795 bits per heavy atom. The molecule has 44 heavy (non-hydrogen) atoms. The van der Waals surface area contributed by atoms with Crippen LogP contribution >= 0.6 is 0 Å². The second kappa shape index (κ2) is 17.2. The Bertz CT molecular complexity index is 1410. The highest BCUT2D eigenvalue weighted by Gasteiger charge is 2.18. The van der Waals surface area contributed by atoms with E-state index in [0.717, 1.165) is 23.8 Å². The predicted molar refractivity (Wildman–Crippen MR) is 167 cm³/mol. The summed E-state index contributed by atoms with van der Waals surface area (Å²) in [4.78, 5) is 0. The van der Waals surface area contributed by atoms with Crippen LogP contribution in [0, 0.1) is 0 Å². The third-order valence-electron chi connectivity index (χ3n) is 6.79. The van der Waals surface area contributed by atoms with Crippen molar-refractivity contribution in [2.75, 3.05) is 64.0 Å². The van der Waals surface area contributed by atoms with Crippen molar-refractivity contribution in [1.29, 1.82) is 0 Å². The van der Waals surface area contributed by atoms with Gasteiger partial charge in [-0.2, -0.15) is 0 Å². The van der Waals surface area contributed by atoms with Gasteiger partial charge in [-0.05, 0) is 60.2 Å². The number of phenolic OH excluding ortho intramolecular Hbond substituents is 1. The number of aromatic hydroxyl groups is 1. The van der Waals surface area contributed by atoms with Crippen molar-refractivity contribution in [3.05, 3.63) is 83.4 Å². The van der Waals surface area contributed by atoms with Gasteiger partial charge in [0.15, 0.2) is 11.5 Å². The number of aliphatic hydroxyl groups excluding tert-OH is 1. The molecule has 12 heteroatoms. The maximum Gasteiger partial charge on any atom is 0.229 e. The maximum atomic E-state index is 11.7. The second-order valence-electron chi connectivity index (χ2n) is 10.5. The van der Waals surface area contributed by atoms with Crippen LogP contribution in [0.1, 0.15) is 29.2 Å². The Labute approximate surface area is 259 Å². The molecule has 0 bridgehead atoms. The van der Waals surface area contributed by atoms with Gasteiger partial charge in [0.25, 0.3) is 0 Å². The van der Waals surface area contributed by atoms with Gasteiger partial charge >= 0.3 is 0 Å². The lowest BCUT2D eigenvalue weighted by molar-refractivity contribution is -0.0642. The van der Waals surface area contributed by atoms with Crippen LogP contribution in [-0.2, 0) is 37.1 Å². The number of nitrogens with one attached hydrogen (secondary N) is 2. The van der Waals surface area contributed by atoms with E-state index in [1.807, 2.05) is 36.4 Å². The summed E-state index contributed by atoms with van der Waals surface area (Å²) in [5.74, 6) is 0.997. The second-order valence-corrected chi connectivity index (χ2v) is 12.3. The summed E-state index contributed by atoms with van der Waals surface area (Å²) < 4.78 is 54.2. The Morgan fingerprint density at radius 2 is 1.52 bits per heavy atom. The van der Waals surface area contributed by atoms with Crippen LogP contribution < -0.4 is 19.5 Å². The topological polar surface area (TPSA) is 145 Å². The highest BCUT2D eigenvalue weighted by molar-refractivity contribution is 7.92. The number of phenols is 1. The molecule has 0 spiro atoms. The van der Waals surface area contributed by atoms with Crippen LogP contribution in [0.3, 0.4) is 0 Å². The first-order chi connectivity index (χ1) is 21.3. The van der Waals surface area contributed by atoms with Crippen LogP contribution in [-0.4, -0.2) is 84.0 Å². The molecule has 0 aromatic heterocycles. The molecule has 0 amide bonds. The fourth-order valence-electron chi connectivity index (χ4n) is 4.71. The molecule has 4 rings (SSSR count). The van der Waals surface area contributed by atoms with E-state index in [9.17, 15) is 18.6 Å². The molecular weight excluding hydrogens is 588 g/mol. The lowest BCUT2D eigenvalue weighted by Gasteiger charge is -2.23. The molecule has 0 saturated carbocycles. The van der Waals surface area contributed by atoms with Gasteiger partial charge < -0.3 is 39.2 Å². The normalized spacial score (nSPS) is 16.7. The fourth-order valence-corrected chi connectivity index (χ4v) is 5.27. The average Bonchev–Trinajstić information content (AvgIpc) is 3.00. The van der Waals surface area contributed by atoms with E-state index >= 15 is 0 Å². The van der Waals surface area contributed by atoms with Crippen LogP contribution in [0.25, 0.3) is 0 Å². The van der Waals surface area contributed by atoms with Crippen LogP contribution in [0.5, 0.6) is 17.2 Å². The molecular formula is C32H42N2O9S. The summed E-state index contributed by atoms with van der Waals surface area (Å²) in [6, 6.07) is 20.3. The molecule has 1 unspecified atom stereocenters. The summed E-state index contributed by atoms with van der Waals surface area (Å²) >= 11 is 0. The predicted octanol–water partition coefficient (Wildman–Crippen LogP) is 3.41. The molecule has 0 saturated heterocycles. The molecule has 0 fully saturated rings. The molecule has 3 aromatic rings. The van der Waals surface area contributed by atoms with Crippen molar-refractivity contribution < 1.29 is 42.3 Å². The molecule has 11 nitrogen and oxygen atoms in total. The van der Waals surface area contributed by atoms with Gasteiger partial charge in [0.2, 0.25) is 10.0 Å². The number of hydrogen-bond donors (Lipinski definition) is 4. The SMILES string of the molecule is CS(=O)(=O)Nc1cc(C[C@H](O)CNC(Cc2ccccc2)c2ccc3c(c2)OCCOCCCOCOCCO3)ccc1O. The molecule has 4 N–H and O–H groups in total. The largest absolute Gasteiger partial charge is 0.506 e. The maximum absolute atomic E-state index is 11.7. The van der Waals surface area contributed by atoms with Crippen LogP contribution in [0.4, 0.5) is 5.69 Å². The molecule has 0 radical (unpaired) electrons. The minimum Gasteiger partial charge on any atom is -0.506 e. The Hall–Kier alpha value is -3.39. The Morgan fingerprint density at radius 3 is 2.32 bits per heavy atom. The monoisotopic (exact) mass is 630 g/mol. The number of aliphatic hydroxyl groups is 1. The van der Waals surface area contributed by atoms with Crippen molar-refractivity contribution in [1.82, 2.24) is 5.32 Å². The molecule has 0 aliphatic carbocycles. The van der Waals surface area contributed by atoms with Gasteiger partial charge in [0, 0.05) is 19.2 Å². The lowest BCUT2D eigenvalue weighted by Crippen LogP contribution is -2.32. The van der Waals surface area contributed by atoms with E-state index < -0.39 is 16.1 Å². The first kappa shape index (κ1) is 33.5. The molecule has 3 aromatic carbocycles. The Kier molecular flexibility index (Phi) is 13.1. The van der Waals surface area contributed by atoms with E-state index in [4.69, 9.17) is 23.7 Å². The quantitative estimate of drug-likeness (QED) is 0.246. The van der Waals surface area contributed by atoms with Crippen LogP contribution in [0.15, 0.2) is 66.7 Å². The summed E-state index contributed by atoms with van der Waals surface area (Å²) in [7, 11) is -3.57. The van der Waals surface area contributed by atoms with Crippen molar-refractivity contribution in [2.24, 2.45) is 0 Å². The summed E-state index contributed by atoms with van der Waals surface area (Å²) in [5, 5.41) is 24.5. The summed E-state index contributed by atoms with van der Waals surface area (Å²) in [5.41, 5.74) is 2.82. The van der Waals surface area contributed by atoms with Crippen molar-refractivity contribution in [2.45, 2.75) is 31.4 Å². The van der Waals surface area contributed by atoms with Gasteiger partial charge in [-0.1, -0.05) is 42.5 Å². The van der Waals surface area contributed by atoms with Gasteiger partial charge in [0.05, 0.1) is 37.9 Å². The fraction of sp³-hybridized carbons (Fsp3) is 0.438. The van der Waals surface area contributed by atoms with Gasteiger partial charge in [0.1, 0.15) is 25.8 Å². The first-order valence-electron chi connectivity index (χ1n) is 14.6. The number of ether oxygens (including phenoxy) is 5. The van der Waals surface area contributed by atoms with Crippen LogP contribution in [0.2, 0.25) is 0 Å². The number of benzene rings is 3. The first-order valence-corrected chi connectivity index (χ1v) is 16.5. The number of rotatable bonds is 10. The summed E-state index contributed by atoms with van der Waals surface area (Å²) in [6.45, 7) is 3.09.